The molecule has 0 fully saturated rings. The molecule has 1 aromatic carbocycles. The molecule has 0 atom stereocenters. The van der Waals surface area contributed by atoms with Gasteiger partial charge in [0.25, 0.3) is 0 Å². The molecule has 1 aliphatic rings. The van der Waals surface area contributed by atoms with Crippen molar-refractivity contribution in [1.82, 2.24) is 4.98 Å². The van der Waals surface area contributed by atoms with E-state index >= 15 is 0 Å². The van der Waals surface area contributed by atoms with Gasteiger partial charge in [0.05, 0.1) is 5.56 Å². The maximum absolute atomic E-state index is 9.21. The minimum atomic E-state index is 0.598. The summed E-state index contributed by atoms with van der Waals surface area (Å²) >= 11 is 3.35. The summed E-state index contributed by atoms with van der Waals surface area (Å²) in [5.41, 5.74) is 3.07. The second-order valence-corrected chi connectivity index (χ2v) is 5.08. The number of anilines is 2. The molecule has 0 saturated heterocycles. The molecule has 1 aromatic heterocycles. The van der Waals surface area contributed by atoms with Crippen LogP contribution in [0, 0.1) is 11.3 Å². The average molecular weight is 300 g/mol. The summed E-state index contributed by atoms with van der Waals surface area (Å²) in [5, 5.41) is 9.21. The smallest absolute Gasteiger partial charge is 0.151 e. The van der Waals surface area contributed by atoms with E-state index in [1.807, 2.05) is 18.2 Å². The van der Waals surface area contributed by atoms with Gasteiger partial charge < -0.3 is 4.90 Å². The molecule has 2 aromatic rings. The van der Waals surface area contributed by atoms with E-state index in [0.717, 1.165) is 28.9 Å². The van der Waals surface area contributed by atoms with E-state index in [2.05, 4.69) is 44.0 Å². The first-order valence-electron chi connectivity index (χ1n) is 5.70. The quantitative estimate of drug-likeness (QED) is 0.810. The third-order valence-corrected chi connectivity index (χ3v) is 3.53. The van der Waals surface area contributed by atoms with Crippen LogP contribution in [-0.2, 0) is 6.42 Å². The van der Waals surface area contributed by atoms with Gasteiger partial charge in [-0.05, 0) is 40.0 Å². The molecule has 2 heterocycles. The van der Waals surface area contributed by atoms with Gasteiger partial charge in [-0.25, -0.2) is 4.98 Å². The Morgan fingerprint density at radius 2 is 2.17 bits per heavy atom. The summed E-state index contributed by atoms with van der Waals surface area (Å²) in [6.45, 7) is 0.878. The molecule has 0 radical (unpaired) electrons. The first-order valence-corrected chi connectivity index (χ1v) is 6.50. The molecular formula is C14H10BrN3. The largest absolute Gasteiger partial charge is 0.325 e. The Labute approximate surface area is 114 Å². The van der Waals surface area contributed by atoms with Gasteiger partial charge in [-0.3, -0.25) is 0 Å². The van der Waals surface area contributed by atoms with Crippen LogP contribution in [0.15, 0.2) is 41.0 Å². The van der Waals surface area contributed by atoms with E-state index in [1.165, 1.54) is 5.56 Å². The van der Waals surface area contributed by atoms with Crippen molar-refractivity contribution in [3.05, 3.63) is 52.1 Å². The minimum absolute atomic E-state index is 0.598. The Morgan fingerprint density at radius 1 is 1.33 bits per heavy atom. The Balaban J connectivity index is 2.11. The van der Waals surface area contributed by atoms with Gasteiger partial charge >= 0.3 is 0 Å². The molecule has 0 bridgehead atoms. The summed E-state index contributed by atoms with van der Waals surface area (Å²) in [5.74, 6) is 0.741. The normalized spacial score (nSPS) is 13.2. The number of benzene rings is 1. The number of nitrogens with zero attached hydrogens (tertiary/aromatic N) is 3. The van der Waals surface area contributed by atoms with Crippen molar-refractivity contribution >= 4 is 27.4 Å². The monoisotopic (exact) mass is 299 g/mol. The van der Waals surface area contributed by atoms with Crippen LogP contribution in [0.3, 0.4) is 0 Å². The lowest BCUT2D eigenvalue weighted by Gasteiger charge is -2.19. The summed E-state index contributed by atoms with van der Waals surface area (Å²) in [6.07, 6.45) is 2.73. The van der Waals surface area contributed by atoms with Gasteiger partial charge in [0.15, 0.2) is 5.82 Å². The minimum Gasteiger partial charge on any atom is -0.325 e. The predicted octanol–water partition coefficient (Wildman–Crippen LogP) is 3.41. The molecule has 0 N–H and O–H groups in total. The number of pyridine rings is 1. The molecule has 4 heteroatoms. The predicted molar refractivity (Wildman–Crippen MR) is 73.8 cm³/mol. The van der Waals surface area contributed by atoms with Crippen LogP contribution in [0.25, 0.3) is 0 Å². The van der Waals surface area contributed by atoms with Crippen molar-refractivity contribution in [2.24, 2.45) is 0 Å². The molecule has 3 rings (SSSR count). The van der Waals surface area contributed by atoms with Crippen molar-refractivity contribution in [3.8, 4) is 6.07 Å². The van der Waals surface area contributed by atoms with Crippen molar-refractivity contribution in [2.75, 3.05) is 11.4 Å². The van der Waals surface area contributed by atoms with Crippen LogP contribution < -0.4 is 4.90 Å². The molecule has 0 saturated carbocycles. The highest BCUT2D eigenvalue weighted by Crippen LogP contribution is 2.35. The molecule has 0 amide bonds. The third-order valence-electron chi connectivity index (χ3n) is 3.10. The van der Waals surface area contributed by atoms with Gasteiger partial charge in [-0.1, -0.05) is 18.2 Å². The van der Waals surface area contributed by atoms with E-state index in [9.17, 15) is 5.26 Å². The zero-order chi connectivity index (χ0) is 12.5. The Kier molecular flexibility index (Phi) is 2.77. The number of aromatic nitrogens is 1. The second-order valence-electron chi connectivity index (χ2n) is 4.17. The van der Waals surface area contributed by atoms with Gasteiger partial charge in [0, 0.05) is 22.9 Å². The highest BCUT2D eigenvalue weighted by Gasteiger charge is 2.22. The number of para-hydroxylation sites is 1. The van der Waals surface area contributed by atoms with E-state index in [4.69, 9.17) is 0 Å². The molecule has 0 spiro atoms. The lowest BCUT2D eigenvalue weighted by molar-refractivity contribution is 0.970. The van der Waals surface area contributed by atoms with Crippen LogP contribution in [0.2, 0.25) is 0 Å². The topological polar surface area (TPSA) is 39.9 Å². The maximum Gasteiger partial charge on any atom is 0.151 e. The zero-order valence-corrected chi connectivity index (χ0v) is 11.2. The van der Waals surface area contributed by atoms with Crippen LogP contribution in [0.4, 0.5) is 11.5 Å². The van der Waals surface area contributed by atoms with Crippen molar-refractivity contribution < 1.29 is 0 Å². The third kappa shape index (κ3) is 1.77. The van der Waals surface area contributed by atoms with Gasteiger partial charge in [0.1, 0.15) is 6.07 Å². The van der Waals surface area contributed by atoms with E-state index in [0.29, 0.717) is 5.56 Å². The standard InChI is InChI=1S/C14H10BrN3/c15-12-7-11(8-16)14(17-9-12)18-6-5-10-3-1-2-4-13(10)18/h1-4,7,9H,5-6H2. The van der Waals surface area contributed by atoms with E-state index < -0.39 is 0 Å². The number of hydrogen-bond donors (Lipinski definition) is 0. The molecule has 1 aliphatic heterocycles. The average Bonchev–Trinajstić information content (AvgIpc) is 2.82. The number of fused-ring (bicyclic) bond motifs is 1. The fourth-order valence-corrected chi connectivity index (χ4v) is 2.62. The molecule has 3 nitrogen and oxygen atoms in total. The van der Waals surface area contributed by atoms with Gasteiger partial charge in [0.2, 0.25) is 0 Å². The van der Waals surface area contributed by atoms with E-state index in [1.54, 1.807) is 6.20 Å². The first kappa shape index (κ1) is 11.2. The van der Waals surface area contributed by atoms with Crippen molar-refractivity contribution in [3.63, 3.8) is 0 Å². The number of hydrogen-bond acceptors (Lipinski definition) is 3. The highest BCUT2D eigenvalue weighted by atomic mass is 79.9. The first-order chi connectivity index (χ1) is 8.79. The summed E-state index contributed by atoms with van der Waals surface area (Å²) in [6, 6.07) is 12.3. The second kappa shape index (κ2) is 4.43. The number of nitriles is 1. The van der Waals surface area contributed by atoms with Crippen molar-refractivity contribution in [1.29, 1.82) is 5.26 Å². The van der Waals surface area contributed by atoms with Crippen LogP contribution in [-0.4, -0.2) is 11.5 Å². The molecule has 0 aliphatic carbocycles. The van der Waals surface area contributed by atoms with Crippen LogP contribution in [0.5, 0.6) is 0 Å². The zero-order valence-electron chi connectivity index (χ0n) is 9.60. The fourth-order valence-electron chi connectivity index (χ4n) is 2.29. The van der Waals surface area contributed by atoms with Gasteiger partial charge in [-0.15, -0.1) is 0 Å². The number of rotatable bonds is 1. The SMILES string of the molecule is N#Cc1cc(Br)cnc1N1CCc2ccccc21. The highest BCUT2D eigenvalue weighted by molar-refractivity contribution is 9.10. The van der Waals surface area contributed by atoms with Crippen LogP contribution in [0.1, 0.15) is 11.1 Å². The Hall–Kier alpha value is -1.86. The van der Waals surface area contributed by atoms with Crippen molar-refractivity contribution in [2.45, 2.75) is 6.42 Å². The summed E-state index contributed by atoms with van der Waals surface area (Å²) < 4.78 is 0.829. The van der Waals surface area contributed by atoms with E-state index in [-0.39, 0.29) is 0 Å². The maximum atomic E-state index is 9.21. The molecule has 0 unspecified atom stereocenters. The Morgan fingerprint density at radius 3 is 3.00 bits per heavy atom. The van der Waals surface area contributed by atoms with Crippen LogP contribution >= 0.6 is 15.9 Å². The summed E-state index contributed by atoms with van der Waals surface area (Å²) in [7, 11) is 0. The number of halogens is 1. The molecular weight excluding hydrogens is 290 g/mol. The fraction of sp³-hybridized carbons (Fsp3) is 0.143. The lowest BCUT2D eigenvalue weighted by Crippen LogP contribution is -2.16. The molecule has 18 heavy (non-hydrogen) atoms. The Bertz CT molecular complexity index is 646. The lowest BCUT2D eigenvalue weighted by atomic mass is 10.2. The summed E-state index contributed by atoms with van der Waals surface area (Å²) in [4.78, 5) is 6.50. The van der Waals surface area contributed by atoms with Gasteiger partial charge in [-0.2, -0.15) is 5.26 Å². The molecule has 88 valence electrons.